The molecule has 1 N–H and O–H groups in total. The van der Waals surface area contributed by atoms with Crippen molar-refractivity contribution in [3.05, 3.63) is 54.1 Å². The molecule has 2 aromatic rings. The molecule has 1 saturated heterocycles. The minimum absolute atomic E-state index is 0.110. The normalized spacial score (nSPS) is 15.7. The smallest absolute Gasteiger partial charge is 0.263 e. The van der Waals surface area contributed by atoms with Crippen LogP contribution in [0.4, 0.5) is 5.69 Å². The number of ether oxygens (including phenoxy) is 2. The third-order valence-electron chi connectivity index (χ3n) is 4.51. The first-order valence-corrected chi connectivity index (χ1v) is 10.6. The highest BCUT2D eigenvalue weighted by Gasteiger charge is 2.24. The topological polar surface area (TPSA) is 84.9 Å². The van der Waals surface area contributed by atoms with Crippen molar-refractivity contribution in [3.8, 4) is 5.75 Å². The fraction of sp³-hybridized carbons (Fsp3) is 0.350. The minimum Gasteiger partial charge on any atom is -0.481 e. The fourth-order valence-electron chi connectivity index (χ4n) is 2.88. The predicted octanol–water partition coefficient (Wildman–Crippen LogP) is 2.42. The number of amides is 1. The maximum absolute atomic E-state index is 12.6. The number of hydrogen-bond donors (Lipinski definition) is 1. The van der Waals surface area contributed by atoms with Crippen LogP contribution in [0.3, 0.4) is 0 Å². The Morgan fingerprint density at radius 1 is 1.11 bits per heavy atom. The summed E-state index contributed by atoms with van der Waals surface area (Å²) in [6.07, 6.45) is -0.661. The third-order valence-corrected chi connectivity index (χ3v) is 5.89. The molecule has 1 amide bonds. The standard InChI is InChI=1S/C20H24N2O5S/c1-15-5-3-4-6-19(15)21-28(24,25)18-9-7-17(8-10-18)27-16(2)20(23)22-11-13-26-14-12-22/h3-10,16,21H,11-14H2,1-2H3/t16-/m1/s1. The van der Waals surface area contributed by atoms with Crippen molar-refractivity contribution in [3.63, 3.8) is 0 Å². The molecular formula is C20H24N2O5S. The van der Waals surface area contributed by atoms with E-state index in [1.165, 1.54) is 12.1 Å². The molecule has 1 aliphatic rings. The summed E-state index contributed by atoms with van der Waals surface area (Å²) >= 11 is 0. The zero-order valence-electron chi connectivity index (χ0n) is 15.9. The largest absolute Gasteiger partial charge is 0.481 e. The number of carbonyl (C=O) groups is 1. The van der Waals surface area contributed by atoms with E-state index in [9.17, 15) is 13.2 Å². The third kappa shape index (κ3) is 4.82. The number of para-hydroxylation sites is 1. The second kappa shape index (κ2) is 8.62. The van der Waals surface area contributed by atoms with E-state index < -0.39 is 16.1 Å². The number of morpholine rings is 1. The molecule has 0 aliphatic carbocycles. The Bertz CT molecular complexity index is 922. The number of aryl methyl sites for hydroxylation is 1. The first-order valence-electron chi connectivity index (χ1n) is 9.08. The molecule has 8 heteroatoms. The fourth-order valence-corrected chi connectivity index (χ4v) is 4.01. The van der Waals surface area contributed by atoms with Crippen LogP contribution in [-0.2, 0) is 19.6 Å². The highest BCUT2D eigenvalue weighted by atomic mass is 32.2. The second-order valence-electron chi connectivity index (χ2n) is 6.59. The van der Waals surface area contributed by atoms with Crippen molar-refractivity contribution in [2.75, 3.05) is 31.0 Å². The molecule has 28 heavy (non-hydrogen) atoms. The molecule has 0 radical (unpaired) electrons. The van der Waals surface area contributed by atoms with Gasteiger partial charge in [-0.15, -0.1) is 0 Å². The molecule has 0 spiro atoms. The van der Waals surface area contributed by atoms with Crippen LogP contribution >= 0.6 is 0 Å². The van der Waals surface area contributed by atoms with E-state index in [0.717, 1.165) is 5.56 Å². The average Bonchev–Trinajstić information content (AvgIpc) is 2.70. The van der Waals surface area contributed by atoms with Crippen LogP contribution in [-0.4, -0.2) is 51.6 Å². The van der Waals surface area contributed by atoms with Gasteiger partial charge < -0.3 is 14.4 Å². The Morgan fingerprint density at radius 2 is 1.75 bits per heavy atom. The molecule has 0 bridgehead atoms. The van der Waals surface area contributed by atoms with E-state index in [4.69, 9.17) is 9.47 Å². The molecule has 0 saturated carbocycles. The van der Waals surface area contributed by atoms with Gasteiger partial charge in [0.1, 0.15) is 5.75 Å². The molecule has 0 aromatic heterocycles. The van der Waals surface area contributed by atoms with E-state index in [-0.39, 0.29) is 10.8 Å². The average molecular weight is 404 g/mol. The lowest BCUT2D eigenvalue weighted by molar-refractivity contribution is -0.142. The van der Waals surface area contributed by atoms with Crippen molar-refractivity contribution in [2.24, 2.45) is 0 Å². The summed E-state index contributed by atoms with van der Waals surface area (Å²) in [5.41, 5.74) is 1.37. The van der Waals surface area contributed by atoms with Crippen molar-refractivity contribution < 1.29 is 22.7 Å². The van der Waals surface area contributed by atoms with Crippen LogP contribution < -0.4 is 9.46 Å². The van der Waals surface area contributed by atoms with Crippen LogP contribution in [0.1, 0.15) is 12.5 Å². The molecule has 150 valence electrons. The Morgan fingerprint density at radius 3 is 2.39 bits per heavy atom. The molecule has 1 aliphatic heterocycles. The first-order chi connectivity index (χ1) is 13.4. The Kier molecular flexibility index (Phi) is 6.21. The number of benzene rings is 2. The molecule has 0 unspecified atom stereocenters. The molecule has 3 rings (SSSR count). The van der Waals surface area contributed by atoms with Crippen molar-refractivity contribution in [2.45, 2.75) is 24.8 Å². The first kappa shape index (κ1) is 20.2. The number of sulfonamides is 1. The van der Waals surface area contributed by atoms with Gasteiger partial charge in [-0.1, -0.05) is 18.2 Å². The quantitative estimate of drug-likeness (QED) is 0.799. The van der Waals surface area contributed by atoms with Crippen molar-refractivity contribution in [1.82, 2.24) is 4.90 Å². The number of anilines is 1. The van der Waals surface area contributed by atoms with Crippen LogP contribution in [0.2, 0.25) is 0 Å². The van der Waals surface area contributed by atoms with E-state index >= 15 is 0 Å². The molecule has 1 fully saturated rings. The Labute approximate surface area is 165 Å². The van der Waals surface area contributed by atoms with E-state index in [1.807, 2.05) is 19.1 Å². The predicted molar refractivity (Wildman–Crippen MR) is 106 cm³/mol. The molecule has 7 nitrogen and oxygen atoms in total. The lowest BCUT2D eigenvalue weighted by Gasteiger charge is -2.29. The van der Waals surface area contributed by atoms with Gasteiger partial charge in [0.25, 0.3) is 15.9 Å². The Balaban J connectivity index is 1.65. The summed E-state index contributed by atoms with van der Waals surface area (Å²) < 4.78 is 38.7. The van der Waals surface area contributed by atoms with Crippen LogP contribution in [0.5, 0.6) is 5.75 Å². The minimum atomic E-state index is -3.71. The summed E-state index contributed by atoms with van der Waals surface area (Å²) in [7, 11) is -3.71. The number of hydrogen-bond acceptors (Lipinski definition) is 5. The summed E-state index contributed by atoms with van der Waals surface area (Å²) in [4.78, 5) is 14.2. The maximum atomic E-state index is 12.6. The lowest BCUT2D eigenvalue weighted by Crippen LogP contribution is -2.46. The van der Waals surface area contributed by atoms with E-state index in [0.29, 0.717) is 37.7 Å². The van der Waals surface area contributed by atoms with Crippen molar-refractivity contribution >= 4 is 21.6 Å². The van der Waals surface area contributed by atoms with Crippen LogP contribution in [0.25, 0.3) is 0 Å². The van der Waals surface area contributed by atoms with Gasteiger partial charge in [0.2, 0.25) is 0 Å². The Hall–Kier alpha value is -2.58. The van der Waals surface area contributed by atoms with Gasteiger partial charge in [-0.05, 0) is 49.7 Å². The summed E-state index contributed by atoms with van der Waals surface area (Å²) in [6, 6.07) is 13.2. The van der Waals surface area contributed by atoms with Gasteiger partial charge >= 0.3 is 0 Å². The van der Waals surface area contributed by atoms with Gasteiger partial charge in [0.15, 0.2) is 6.10 Å². The lowest BCUT2D eigenvalue weighted by atomic mass is 10.2. The summed E-state index contributed by atoms with van der Waals surface area (Å²) in [6.45, 7) is 5.67. The number of nitrogens with one attached hydrogen (secondary N) is 1. The highest BCUT2D eigenvalue weighted by molar-refractivity contribution is 7.92. The number of nitrogens with zero attached hydrogens (tertiary/aromatic N) is 1. The number of carbonyl (C=O) groups excluding carboxylic acids is 1. The van der Waals surface area contributed by atoms with E-state index in [2.05, 4.69) is 4.72 Å². The van der Waals surface area contributed by atoms with Gasteiger partial charge in [-0.25, -0.2) is 8.42 Å². The van der Waals surface area contributed by atoms with Crippen LogP contribution in [0.15, 0.2) is 53.4 Å². The van der Waals surface area contributed by atoms with Crippen LogP contribution in [0, 0.1) is 6.92 Å². The molecule has 1 atom stereocenters. The van der Waals surface area contributed by atoms with Gasteiger partial charge in [0, 0.05) is 13.1 Å². The highest BCUT2D eigenvalue weighted by Crippen LogP contribution is 2.22. The molecule has 1 heterocycles. The van der Waals surface area contributed by atoms with Gasteiger partial charge in [0.05, 0.1) is 23.8 Å². The zero-order chi connectivity index (χ0) is 20.1. The molecular weight excluding hydrogens is 380 g/mol. The zero-order valence-corrected chi connectivity index (χ0v) is 16.7. The number of rotatable bonds is 6. The SMILES string of the molecule is Cc1ccccc1NS(=O)(=O)c1ccc(O[C@H](C)C(=O)N2CCOCC2)cc1. The van der Waals surface area contributed by atoms with E-state index in [1.54, 1.807) is 36.1 Å². The van der Waals surface area contributed by atoms with Gasteiger partial charge in [-0.2, -0.15) is 0 Å². The summed E-state index contributed by atoms with van der Waals surface area (Å²) in [5.74, 6) is 0.324. The monoisotopic (exact) mass is 404 g/mol. The summed E-state index contributed by atoms with van der Waals surface area (Å²) in [5, 5.41) is 0. The molecule has 2 aromatic carbocycles. The van der Waals surface area contributed by atoms with Gasteiger partial charge in [-0.3, -0.25) is 9.52 Å². The second-order valence-corrected chi connectivity index (χ2v) is 8.27. The maximum Gasteiger partial charge on any atom is 0.263 e. The van der Waals surface area contributed by atoms with Crippen molar-refractivity contribution in [1.29, 1.82) is 0 Å².